The van der Waals surface area contributed by atoms with E-state index >= 15 is 0 Å². The molecule has 13 heavy (non-hydrogen) atoms. The van der Waals surface area contributed by atoms with Crippen LogP contribution in [-0.2, 0) is 4.79 Å². The van der Waals surface area contributed by atoms with Gasteiger partial charge in [0.25, 0.3) is 0 Å². The van der Waals surface area contributed by atoms with Gasteiger partial charge in [-0.3, -0.25) is 4.79 Å². The highest BCUT2D eigenvalue weighted by atomic mass is 19.1. The van der Waals surface area contributed by atoms with Gasteiger partial charge >= 0.3 is 0 Å². The number of hydrogen-bond donors (Lipinski definition) is 0. The van der Waals surface area contributed by atoms with Gasteiger partial charge in [0, 0.05) is 20.0 Å². The van der Waals surface area contributed by atoms with Crippen LogP contribution in [0.25, 0.3) is 0 Å². The van der Waals surface area contributed by atoms with Crippen LogP contribution >= 0.6 is 0 Å². The quantitative estimate of drug-likeness (QED) is 0.654. The lowest BCUT2D eigenvalue weighted by Gasteiger charge is -2.15. The van der Waals surface area contributed by atoms with E-state index in [2.05, 4.69) is 0 Å². The summed E-state index contributed by atoms with van der Waals surface area (Å²) in [5, 5.41) is 0. The zero-order chi connectivity index (χ0) is 10.0. The Bertz CT molecular complexity index is 338. The van der Waals surface area contributed by atoms with E-state index in [0.717, 1.165) is 17.0 Å². The fourth-order valence-corrected chi connectivity index (χ4v) is 0.923. The van der Waals surface area contributed by atoms with Crippen LogP contribution in [-0.4, -0.2) is 13.0 Å². The second kappa shape index (κ2) is 3.51. The number of anilines is 1. The van der Waals surface area contributed by atoms with Crippen molar-refractivity contribution in [2.24, 2.45) is 0 Å². The SMILES string of the molecule is CC(=O)N(C)c1ccc(F)cc1F. The Morgan fingerprint density at radius 3 is 2.46 bits per heavy atom. The minimum Gasteiger partial charge on any atom is -0.313 e. The normalized spacial score (nSPS) is 9.85. The van der Waals surface area contributed by atoms with E-state index in [1.807, 2.05) is 0 Å². The topological polar surface area (TPSA) is 20.3 Å². The maximum atomic E-state index is 13.0. The third-order valence-electron chi connectivity index (χ3n) is 1.74. The highest BCUT2D eigenvalue weighted by Crippen LogP contribution is 2.18. The third-order valence-corrected chi connectivity index (χ3v) is 1.74. The molecule has 1 amide bonds. The molecule has 0 atom stereocenters. The van der Waals surface area contributed by atoms with Gasteiger partial charge in [-0.1, -0.05) is 0 Å². The molecule has 0 radical (unpaired) electrons. The summed E-state index contributed by atoms with van der Waals surface area (Å²) in [6, 6.07) is 3.08. The monoisotopic (exact) mass is 185 g/mol. The van der Waals surface area contributed by atoms with Crippen molar-refractivity contribution in [2.75, 3.05) is 11.9 Å². The van der Waals surface area contributed by atoms with E-state index in [4.69, 9.17) is 0 Å². The van der Waals surface area contributed by atoms with Crippen molar-refractivity contribution >= 4 is 11.6 Å². The fraction of sp³-hybridized carbons (Fsp3) is 0.222. The molecule has 0 fully saturated rings. The molecule has 4 heteroatoms. The van der Waals surface area contributed by atoms with Gasteiger partial charge in [-0.05, 0) is 12.1 Å². The van der Waals surface area contributed by atoms with Gasteiger partial charge in [-0.15, -0.1) is 0 Å². The second-order valence-electron chi connectivity index (χ2n) is 2.67. The molecule has 0 saturated carbocycles. The van der Waals surface area contributed by atoms with Crippen LogP contribution in [0.2, 0.25) is 0 Å². The molecule has 0 aliphatic heterocycles. The molecule has 0 aliphatic carbocycles. The van der Waals surface area contributed by atoms with Crippen LogP contribution in [0.1, 0.15) is 6.92 Å². The molecule has 0 N–H and O–H groups in total. The van der Waals surface area contributed by atoms with Gasteiger partial charge < -0.3 is 4.90 Å². The summed E-state index contributed by atoms with van der Waals surface area (Å²) in [5.41, 5.74) is 0.0777. The van der Waals surface area contributed by atoms with Gasteiger partial charge in [0.15, 0.2) is 0 Å². The summed E-state index contributed by atoms with van der Waals surface area (Å²) in [5.74, 6) is -1.69. The molecular weight excluding hydrogens is 176 g/mol. The summed E-state index contributed by atoms with van der Waals surface area (Å²) in [6.45, 7) is 1.31. The molecule has 0 aromatic heterocycles. The molecule has 0 aliphatic rings. The van der Waals surface area contributed by atoms with E-state index in [1.165, 1.54) is 20.0 Å². The molecule has 2 nitrogen and oxygen atoms in total. The molecule has 0 saturated heterocycles. The second-order valence-corrected chi connectivity index (χ2v) is 2.67. The van der Waals surface area contributed by atoms with Crippen LogP contribution in [0.5, 0.6) is 0 Å². The summed E-state index contributed by atoms with van der Waals surface area (Å²) in [6.07, 6.45) is 0. The largest absolute Gasteiger partial charge is 0.313 e. The van der Waals surface area contributed by atoms with Crippen LogP contribution in [0.3, 0.4) is 0 Å². The van der Waals surface area contributed by atoms with Crippen molar-refractivity contribution in [3.8, 4) is 0 Å². The summed E-state index contributed by atoms with van der Waals surface area (Å²) < 4.78 is 25.5. The van der Waals surface area contributed by atoms with E-state index < -0.39 is 11.6 Å². The zero-order valence-electron chi connectivity index (χ0n) is 7.34. The predicted molar refractivity (Wildman–Crippen MR) is 45.4 cm³/mol. The fourth-order valence-electron chi connectivity index (χ4n) is 0.923. The highest BCUT2D eigenvalue weighted by molar-refractivity contribution is 5.90. The number of amides is 1. The van der Waals surface area contributed by atoms with Crippen LogP contribution in [0, 0.1) is 11.6 Å². The lowest BCUT2D eigenvalue weighted by molar-refractivity contribution is -0.116. The third kappa shape index (κ3) is 2.02. The lowest BCUT2D eigenvalue weighted by Crippen LogP contribution is -2.23. The van der Waals surface area contributed by atoms with Gasteiger partial charge in [-0.2, -0.15) is 0 Å². The van der Waals surface area contributed by atoms with Crippen molar-refractivity contribution in [1.82, 2.24) is 0 Å². The molecule has 1 rings (SSSR count). The summed E-state index contributed by atoms with van der Waals surface area (Å²) in [7, 11) is 1.43. The molecular formula is C9H9F2NO. The Labute approximate surface area is 74.8 Å². The van der Waals surface area contributed by atoms with Crippen molar-refractivity contribution in [1.29, 1.82) is 0 Å². The van der Waals surface area contributed by atoms with Crippen molar-refractivity contribution in [2.45, 2.75) is 6.92 Å². The van der Waals surface area contributed by atoms with Gasteiger partial charge in [-0.25, -0.2) is 8.78 Å². The molecule has 70 valence electrons. The number of carbonyl (C=O) groups is 1. The first-order valence-corrected chi connectivity index (χ1v) is 3.71. The first-order chi connectivity index (χ1) is 6.02. The highest BCUT2D eigenvalue weighted by Gasteiger charge is 2.10. The number of benzene rings is 1. The predicted octanol–water partition coefficient (Wildman–Crippen LogP) is 1.95. The van der Waals surface area contributed by atoms with E-state index in [0.29, 0.717) is 0 Å². The van der Waals surface area contributed by atoms with Crippen molar-refractivity contribution in [3.63, 3.8) is 0 Å². The minimum atomic E-state index is -0.738. The lowest BCUT2D eigenvalue weighted by atomic mass is 10.2. The standard InChI is InChI=1S/C9H9F2NO/c1-6(13)12(2)9-4-3-7(10)5-8(9)11/h3-5H,1-2H3. The van der Waals surface area contributed by atoms with Gasteiger partial charge in [0.05, 0.1) is 5.69 Å². The molecule has 0 bridgehead atoms. The minimum absolute atomic E-state index is 0.0777. The summed E-state index contributed by atoms with van der Waals surface area (Å²) in [4.78, 5) is 12.0. The van der Waals surface area contributed by atoms with E-state index in [9.17, 15) is 13.6 Å². The van der Waals surface area contributed by atoms with Crippen LogP contribution < -0.4 is 4.90 Å². The average molecular weight is 185 g/mol. The molecule has 0 spiro atoms. The molecule has 0 unspecified atom stereocenters. The number of nitrogens with zero attached hydrogens (tertiary/aromatic N) is 1. The van der Waals surface area contributed by atoms with Crippen molar-refractivity contribution < 1.29 is 13.6 Å². The zero-order valence-corrected chi connectivity index (χ0v) is 7.34. The maximum Gasteiger partial charge on any atom is 0.223 e. The first kappa shape index (κ1) is 9.64. The number of rotatable bonds is 1. The molecule has 0 heterocycles. The van der Waals surface area contributed by atoms with Gasteiger partial charge in [0.1, 0.15) is 11.6 Å². The number of hydrogen-bond acceptors (Lipinski definition) is 1. The Kier molecular flexibility index (Phi) is 2.60. The Morgan fingerprint density at radius 1 is 1.38 bits per heavy atom. The Hall–Kier alpha value is -1.45. The molecule has 1 aromatic rings. The average Bonchev–Trinajstić information content (AvgIpc) is 2.03. The Morgan fingerprint density at radius 2 is 2.00 bits per heavy atom. The molecule has 1 aromatic carbocycles. The number of halogens is 2. The smallest absolute Gasteiger partial charge is 0.223 e. The van der Waals surface area contributed by atoms with E-state index in [-0.39, 0.29) is 11.6 Å². The number of carbonyl (C=O) groups excluding carboxylic acids is 1. The summed E-state index contributed by atoms with van der Waals surface area (Å²) >= 11 is 0. The maximum absolute atomic E-state index is 13.0. The first-order valence-electron chi connectivity index (χ1n) is 3.71. The van der Waals surface area contributed by atoms with Crippen LogP contribution in [0.15, 0.2) is 18.2 Å². The Balaban J connectivity index is 3.08. The van der Waals surface area contributed by atoms with Gasteiger partial charge in [0.2, 0.25) is 5.91 Å². The van der Waals surface area contributed by atoms with Crippen LogP contribution in [0.4, 0.5) is 14.5 Å². The van der Waals surface area contributed by atoms with E-state index in [1.54, 1.807) is 0 Å². The van der Waals surface area contributed by atoms with Crippen molar-refractivity contribution in [3.05, 3.63) is 29.8 Å².